The van der Waals surface area contributed by atoms with Crippen LogP contribution in [0, 0.1) is 0 Å². The third-order valence-electron chi connectivity index (χ3n) is 6.93. The summed E-state index contributed by atoms with van der Waals surface area (Å²) in [6.45, 7) is 0.610. The topological polar surface area (TPSA) is 80.5 Å². The molecule has 2 aliphatic heterocycles. The third-order valence-corrected chi connectivity index (χ3v) is 7.99. The van der Waals surface area contributed by atoms with Crippen molar-refractivity contribution in [2.24, 2.45) is 0 Å². The molecule has 1 N–H and O–H groups in total. The van der Waals surface area contributed by atoms with Gasteiger partial charge < -0.3 is 14.7 Å². The number of aliphatic carboxylic acids is 1. The van der Waals surface area contributed by atoms with Crippen LogP contribution in [-0.2, 0) is 4.79 Å². The third kappa shape index (κ3) is 4.54. The number of benzene rings is 3. The minimum atomic E-state index is -0.784. The molecule has 0 amide bonds. The summed E-state index contributed by atoms with van der Waals surface area (Å²) in [4.78, 5) is 18.1. The summed E-state index contributed by atoms with van der Waals surface area (Å²) in [5.41, 5.74) is 5.22. The lowest BCUT2D eigenvalue weighted by atomic mass is 9.84. The van der Waals surface area contributed by atoms with E-state index in [0.29, 0.717) is 19.4 Å². The number of aromatic nitrogens is 3. The highest BCUT2D eigenvalue weighted by atomic mass is 79.9. The molecule has 4 aromatic rings. The van der Waals surface area contributed by atoms with E-state index in [1.54, 1.807) is 6.33 Å². The van der Waals surface area contributed by atoms with Crippen molar-refractivity contribution in [1.82, 2.24) is 14.8 Å². The van der Waals surface area contributed by atoms with Crippen molar-refractivity contribution in [2.75, 3.05) is 11.4 Å². The fourth-order valence-electron chi connectivity index (χ4n) is 5.27. The standard InChI is InChI=1S/C29H24Br2N4O3/c30-20-12-8-18(9-13-20)26-25-27(34(16-4-3-7-24(36)37)29-32-17-33-35(26)29)22-5-1-2-6-23(22)38-28(25)19-10-14-21(31)15-11-19/h1-2,5-6,8-15,17,26,28H,3-4,7,16H2,(H,36,37)/t26-,28?/m0/s1. The number of rotatable bonds is 7. The number of unbranched alkanes of at least 4 members (excludes halogenated alkanes) is 1. The van der Waals surface area contributed by atoms with Crippen LogP contribution in [0.4, 0.5) is 5.95 Å². The normalized spacial score (nSPS) is 17.9. The van der Waals surface area contributed by atoms with Gasteiger partial charge in [0.15, 0.2) is 0 Å². The number of hydrogen-bond donors (Lipinski definition) is 1. The van der Waals surface area contributed by atoms with Crippen LogP contribution in [0.15, 0.2) is 93.6 Å². The van der Waals surface area contributed by atoms with Gasteiger partial charge in [0.1, 0.15) is 24.2 Å². The van der Waals surface area contributed by atoms with Crippen LogP contribution in [-0.4, -0.2) is 32.4 Å². The molecule has 1 unspecified atom stereocenters. The van der Waals surface area contributed by atoms with E-state index in [0.717, 1.165) is 48.6 Å². The second kappa shape index (κ2) is 10.4. The number of halogens is 2. The number of carboxylic acids is 1. The zero-order chi connectivity index (χ0) is 26.2. The van der Waals surface area contributed by atoms with Gasteiger partial charge in [-0.1, -0.05) is 68.3 Å². The molecule has 0 bridgehead atoms. The maximum absolute atomic E-state index is 11.2. The Morgan fingerprint density at radius 2 is 1.61 bits per heavy atom. The molecule has 38 heavy (non-hydrogen) atoms. The van der Waals surface area contributed by atoms with E-state index in [1.807, 2.05) is 47.1 Å². The summed E-state index contributed by atoms with van der Waals surface area (Å²) >= 11 is 7.13. The van der Waals surface area contributed by atoms with Gasteiger partial charge in [-0.05, 0) is 60.4 Å². The maximum atomic E-state index is 11.2. The van der Waals surface area contributed by atoms with Crippen LogP contribution in [0.5, 0.6) is 5.75 Å². The molecule has 9 heteroatoms. The number of ether oxygens (including phenoxy) is 1. The molecular weight excluding hydrogens is 612 g/mol. The number of hydrogen-bond acceptors (Lipinski definition) is 5. The minimum absolute atomic E-state index is 0.134. The monoisotopic (exact) mass is 634 g/mol. The number of carbonyl (C=O) groups is 1. The molecule has 192 valence electrons. The zero-order valence-electron chi connectivity index (χ0n) is 20.3. The van der Waals surface area contributed by atoms with Crippen molar-refractivity contribution in [1.29, 1.82) is 0 Å². The first-order valence-electron chi connectivity index (χ1n) is 12.4. The number of fused-ring (bicyclic) bond motifs is 3. The van der Waals surface area contributed by atoms with Crippen LogP contribution in [0.1, 0.15) is 48.1 Å². The second-order valence-electron chi connectivity index (χ2n) is 9.31. The lowest BCUT2D eigenvalue weighted by molar-refractivity contribution is -0.137. The predicted octanol–water partition coefficient (Wildman–Crippen LogP) is 7.01. The molecule has 3 aromatic carbocycles. The summed E-state index contributed by atoms with van der Waals surface area (Å²) in [5.74, 6) is 0.754. The Bertz CT molecular complexity index is 1520. The van der Waals surface area contributed by atoms with E-state index in [4.69, 9.17) is 9.84 Å². The van der Waals surface area contributed by atoms with Gasteiger partial charge in [0.05, 0.1) is 5.70 Å². The Labute approximate surface area is 237 Å². The van der Waals surface area contributed by atoms with Crippen molar-refractivity contribution in [3.63, 3.8) is 0 Å². The average Bonchev–Trinajstić information content (AvgIpc) is 3.41. The fourth-order valence-corrected chi connectivity index (χ4v) is 5.80. The van der Waals surface area contributed by atoms with Crippen molar-refractivity contribution < 1.29 is 14.6 Å². The highest BCUT2D eigenvalue weighted by molar-refractivity contribution is 9.10. The molecule has 0 saturated heterocycles. The van der Waals surface area contributed by atoms with E-state index in [1.165, 1.54) is 0 Å². The molecule has 0 fully saturated rings. The van der Waals surface area contributed by atoms with E-state index < -0.39 is 5.97 Å². The van der Waals surface area contributed by atoms with Gasteiger partial charge in [0, 0.05) is 33.0 Å². The van der Waals surface area contributed by atoms with Gasteiger partial charge in [-0.3, -0.25) is 4.79 Å². The highest BCUT2D eigenvalue weighted by Crippen LogP contribution is 2.52. The number of nitrogens with zero attached hydrogens (tertiary/aromatic N) is 4. The molecule has 6 rings (SSSR count). The summed E-state index contributed by atoms with van der Waals surface area (Å²) in [6, 6.07) is 24.3. The smallest absolute Gasteiger partial charge is 0.303 e. The largest absolute Gasteiger partial charge is 0.481 e. The molecule has 2 atom stereocenters. The molecule has 3 heterocycles. The Morgan fingerprint density at radius 3 is 2.32 bits per heavy atom. The van der Waals surface area contributed by atoms with Crippen LogP contribution in [0.2, 0.25) is 0 Å². The summed E-state index contributed by atoms with van der Waals surface area (Å²) < 4.78 is 10.7. The molecule has 0 radical (unpaired) electrons. The molecular formula is C29H24Br2N4O3. The SMILES string of the molecule is O=C(O)CCCCN1C2=C(C(c3ccc(Br)cc3)Oc3ccccc32)[C@H](c2ccc(Br)cc2)n2ncnc21. The van der Waals surface area contributed by atoms with Gasteiger partial charge in [0.25, 0.3) is 0 Å². The van der Waals surface area contributed by atoms with Crippen LogP contribution in [0.25, 0.3) is 5.70 Å². The molecule has 0 aliphatic carbocycles. The van der Waals surface area contributed by atoms with E-state index in [9.17, 15) is 9.90 Å². The Kier molecular flexibility index (Phi) is 6.80. The zero-order valence-corrected chi connectivity index (χ0v) is 23.5. The van der Waals surface area contributed by atoms with Crippen molar-refractivity contribution in [3.8, 4) is 5.75 Å². The average molecular weight is 636 g/mol. The predicted molar refractivity (Wildman–Crippen MR) is 152 cm³/mol. The van der Waals surface area contributed by atoms with E-state index >= 15 is 0 Å². The number of anilines is 1. The first kappa shape index (κ1) is 24.9. The van der Waals surface area contributed by atoms with Crippen molar-refractivity contribution >= 4 is 49.5 Å². The molecule has 2 aliphatic rings. The van der Waals surface area contributed by atoms with Crippen LogP contribution in [0.3, 0.4) is 0 Å². The fraction of sp³-hybridized carbons (Fsp3) is 0.207. The van der Waals surface area contributed by atoms with Crippen molar-refractivity contribution in [3.05, 3.63) is 110 Å². The molecule has 0 spiro atoms. The van der Waals surface area contributed by atoms with Gasteiger partial charge in [-0.15, -0.1) is 0 Å². The quantitative estimate of drug-likeness (QED) is 0.220. The Hall–Kier alpha value is -3.43. The lowest BCUT2D eigenvalue weighted by Gasteiger charge is -2.43. The van der Waals surface area contributed by atoms with E-state index in [2.05, 4.69) is 72.1 Å². The van der Waals surface area contributed by atoms with Crippen LogP contribution >= 0.6 is 31.9 Å². The van der Waals surface area contributed by atoms with E-state index in [-0.39, 0.29) is 18.6 Å². The number of para-hydroxylation sites is 1. The van der Waals surface area contributed by atoms with Gasteiger partial charge in [-0.25, -0.2) is 4.68 Å². The highest BCUT2D eigenvalue weighted by Gasteiger charge is 2.43. The van der Waals surface area contributed by atoms with Gasteiger partial charge >= 0.3 is 5.97 Å². The second-order valence-corrected chi connectivity index (χ2v) is 11.1. The summed E-state index contributed by atoms with van der Waals surface area (Å²) in [6.07, 6.45) is 2.64. The molecule has 1 aromatic heterocycles. The van der Waals surface area contributed by atoms with Gasteiger partial charge in [0.2, 0.25) is 5.95 Å². The Morgan fingerprint density at radius 1 is 0.921 bits per heavy atom. The summed E-state index contributed by atoms with van der Waals surface area (Å²) in [7, 11) is 0. The minimum Gasteiger partial charge on any atom is -0.481 e. The van der Waals surface area contributed by atoms with Crippen LogP contribution < -0.4 is 9.64 Å². The summed E-state index contributed by atoms with van der Waals surface area (Å²) in [5, 5.41) is 13.9. The maximum Gasteiger partial charge on any atom is 0.303 e. The molecule has 0 saturated carbocycles. The first-order valence-corrected chi connectivity index (χ1v) is 14.0. The lowest BCUT2D eigenvalue weighted by Crippen LogP contribution is -2.39. The number of carboxylic acid groups (broad SMARTS) is 1. The van der Waals surface area contributed by atoms with Crippen molar-refractivity contribution in [2.45, 2.75) is 31.4 Å². The Balaban J connectivity index is 1.57. The van der Waals surface area contributed by atoms with Gasteiger partial charge in [-0.2, -0.15) is 10.1 Å². The first-order chi connectivity index (χ1) is 18.5. The molecule has 7 nitrogen and oxygen atoms in total.